The Labute approximate surface area is 104 Å². The van der Waals surface area contributed by atoms with E-state index in [4.69, 9.17) is 0 Å². The standard InChI is InChI=1S/C12H15IN2/c1-7(2)15-10(6-11(13)14-15)12-8-4-3-5-9(8)12/h3-4,6-9,12H,5H2,1-2H3/t8-,9+,12+/m0/s1. The maximum atomic E-state index is 4.58. The SMILES string of the molecule is CC(C)n1nc(I)cc1[C@@H]1[C@H]2C=CC[C@H]21. The summed E-state index contributed by atoms with van der Waals surface area (Å²) in [5, 5.41) is 4.58. The van der Waals surface area contributed by atoms with Gasteiger partial charge in [-0.15, -0.1) is 0 Å². The summed E-state index contributed by atoms with van der Waals surface area (Å²) >= 11 is 2.32. The van der Waals surface area contributed by atoms with Crippen molar-refractivity contribution in [3.63, 3.8) is 0 Å². The quantitative estimate of drug-likeness (QED) is 0.605. The molecule has 0 aliphatic heterocycles. The summed E-state index contributed by atoms with van der Waals surface area (Å²) in [6, 6.07) is 2.74. The average molecular weight is 314 g/mol. The van der Waals surface area contributed by atoms with E-state index in [2.05, 4.69) is 64.4 Å². The predicted octanol–water partition coefficient (Wildman–Crippen LogP) is 3.36. The minimum Gasteiger partial charge on any atom is -0.266 e. The molecule has 1 aromatic heterocycles. The highest BCUT2D eigenvalue weighted by Crippen LogP contribution is 2.60. The number of hydrogen-bond acceptors (Lipinski definition) is 1. The minimum absolute atomic E-state index is 0.480. The van der Waals surface area contributed by atoms with Crippen LogP contribution in [-0.2, 0) is 0 Å². The molecule has 3 heteroatoms. The lowest BCUT2D eigenvalue weighted by Crippen LogP contribution is -2.07. The van der Waals surface area contributed by atoms with Crippen LogP contribution in [0.1, 0.15) is 37.9 Å². The second-order valence-corrected chi connectivity index (χ2v) is 5.97. The van der Waals surface area contributed by atoms with E-state index in [0.29, 0.717) is 6.04 Å². The lowest BCUT2D eigenvalue weighted by atomic mass is 10.1. The maximum Gasteiger partial charge on any atom is 0.123 e. The summed E-state index contributed by atoms with van der Waals surface area (Å²) in [6.07, 6.45) is 5.99. The lowest BCUT2D eigenvalue weighted by Gasteiger charge is -2.10. The fourth-order valence-electron chi connectivity index (χ4n) is 2.82. The summed E-state index contributed by atoms with van der Waals surface area (Å²) in [5.74, 6) is 2.46. The van der Waals surface area contributed by atoms with Gasteiger partial charge < -0.3 is 0 Å². The van der Waals surface area contributed by atoms with Gasteiger partial charge in [0.1, 0.15) is 3.70 Å². The van der Waals surface area contributed by atoms with E-state index < -0.39 is 0 Å². The number of halogens is 1. The summed E-state index contributed by atoms with van der Waals surface area (Å²) in [6.45, 7) is 4.42. The fraction of sp³-hybridized carbons (Fsp3) is 0.583. The number of hydrogen-bond donors (Lipinski definition) is 0. The van der Waals surface area contributed by atoms with Gasteiger partial charge in [-0.05, 0) is 60.8 Å². The van der Waals surface area contributed by atoms with Crippen LogP contribution < -0.4 is 0 Å². The van der Waals surface area contributed by atoms with Gasteiger partial charge in [-0.25, -0.2) is 0 Å². The Morgan fingerprint density at radius 2 is 2.33 bits per heavy atom. The third kappa shape index (κ3) is 1.47. The van der Waals surface area contributed by atoms with Crippen molar-refractivity contribution in [2.75, 3.05) is 0 Å². The molecule has 0 saturated heterocycles. The van der Waals surface area contributed by atoms with Crippen molar-refractivity contribution in [3.8, 4) is 0 Å². The van der Waals surface area contributed by atoms with Crippen LogP contribution in [0, 0.1) is 15.5 Å². The number of rotatable bonds is 2. The largest absolute Gasteiger partial charge is 0.266 e. The molecule has 2 nitrogen and oxygen atoms in total. The van der Waals surface area contributed by atoms with Crippen LogP contribution in [-0.4, -0.2) is 9.78 Å². The molecule has 2 aliphatic carbocycles. The lowest BCUT2D eigenvalue weighted by molar-refractivity contribution is 0.502. The Morgan fingerprint density at radius 1 is 1.53 bits per heavy atom. The normalized spacial score (nSPS) is 32.4. The van der Waals surface area contributed by atoms with Gasteiger partial charge in [0.15, 0.2) is 0 Å². The first-order valence-electron chi connectivity index (χ1n) is 5.60. The second kappa shape index (κ2) is 3.34. The van der Waals surface area contributed by atoms with E-state index in [9.17, 15) is 0 Å². The maximum absolute atomic E-state index is 4.58. The van der Waals surface area contributed by atoms with Crippen LogP contribution in [0.4, 0.5) is 0 Å². The minimum atomic E-state index is 0.480. The molecule has 1 aromatic rings. The molecule has 2 aliphatic rings. The third-order valence-corrected chi connectivity index (χ3v) is 4.09. The van der Waals surface area contributed by atoms with Crippen molar-refractivity contribution in [3.05, 3.63) is 27.6 Å². The number of aromatic nitrogens is 2. The summed E-state index contributed by atoms with van der Waals surface area (Å²) in [7, 11) is 0. The monoisotopic (exact) mass is 314 g/mol. The molecule has 0 N–H and O–H groups in total. The van der Waals surface area contributed by atoms with Gasteiger partial charge in [0, 0.05) is 17.7 Å². The van der Waals surface area contributed by atoms with Crippen molar-refractivity contribution in [1.29, 1.82) is 0 Å². The molecule has 15 heavy (non-hydrogen) atoms. The first kappa shape index (κ1) is 9.87. The van der Waals surface area contributed by atoms with Crippen LogP contribution in [0.2, 0.25) is 0 Å². The molecule has 0 spiro atoms. The van der Waals surface area contributed by atoms with Gasteiger partial charge in [-0.3, -0.25) is 4.68 Å². The molecule has 0 unspecified atom stereocenters. The van der Waals surface area contributed by atoms with Crippen LogP contribution >= 0.6 is 22.6 Å². The predicted molar refractivity (Wildman–Crippen MR) is 68.8 cm³/mol. The molecule has 1 heterocycles. The zero-order chi connectivity index (χ0) is 10.6. The Balaban J connectivity index is 1.95. The van der Waals surface area contributed by atoms with Crippen molar-refractivity contribution in [2.45, 2.75) is 32.2 Å². The topological polar surface area (TPSA) is 17.8 Å². The van der Waals surface area contributed by atoms with Crippen molar-refractivity contribution in [2.24, 2.45) is 11.8 Å². The summed E-state index contributed by atoms with van der Waals surface area (Å²) in [4.78, 5) is 0. The molecule has 1 saturated carbocycles. The van der Waals surface area contributed by atoms with Gasteiger partial charge in [0.05, 0.1) is 0 Å². The molecule has 0 bridgehead atoms. The second-order valence-electron chi connectivity index (χ2n) is 4.86. The van der Waals surface area contributed by atoms with Gasteiger partial charge in [0.25, 0.3) is 0 Å². The van der Waals surface area contributed by atoms with E-state index >= 15 is 0 Å². The van der Waals surface area contributed by atoms with Gasteiger partial charge in [-0.2, -0.15) is 5.10 Å². The van der Waals surface area contributed by atoms with Crippen LogP contribution in [0.5, 0.6) is 0 Å². The molecule has 0 radical (unpaired) electrons. The van der Waals surface area contributed by atoms with E-state index in [-0.39, 0.29) is 0 Å². The van der Waals surface area contributed by atoms with Crippen LogP contribution in [0.15, 0.2) is 18.2 Å². The summed E-state index contributed by atoms with van der Waals surface area (Å²) < 4.78 is 3.34. The highest BCUT2D eigenvalue weighted by Gasteiger charge is 2.52. The molecule has 0 aromatic carbocycles. The number of fused-ring (bicyclic) bond motifs is 1. The molecular formula is C12H15IN2. The van der Waals surface area contributed by atoms with Crippen molar-refractivity contribution < 1.29 is 0 Å². The molecule has 3 atom stereocenters. The van der Waals surface area contributed by atoms with E-state index in [1.807, 2.05) is 0 Å². The zero-order valence-corrected chi connectivity index (χ0v) is 11.2. The highest BCUT2D eigenvalue weighted by atomic mass is 127. The first-order chi connectivity index (χ1) is 7.18. The van der Waals surface area contributed by atoms with E-state index in [0.717, 1.165) is 21.5 Å². The van der Waals surface area contributed by atoms with Crippen LogP contribution in [0.25, 0.3) is 0 Å². The Bertz CT molecular complexity index is 419. The fourth-order valence-corrected chi connectivity index (χ4v) is 3.37. The number of nitrogens with zero attached hydrogens (tertiary/aromatic N) is 2. The first-order valence-corrected chi connectivity index (χ1v) is 6.68. The van der Waals surface area contributed by atoms with E-state index in [1.54, 1.807) is 0 Å². The molecular weight excluding hydrogens is 299 g/mol. The van der Waals surface area contributed by atoms with Gasteiger partial charge in [0.2, 0.25) is 0 Å². The van der Waals surface area contributed by atoms with Crippen molar-refractivity contribution in [1.82, 2.24) is 9.78 Å². The zero-order valence-electron chi connectivity index (χ0n) is 9.02. The highest BCUT2D eigenvalue weighted by molar-refractivity contribution is 14.1. The summed E-state index contributed by atoms with van der Waals surface area (Å²) in [5.41, 5.74) is 1.45. The Morgan fingerprint density at radius 3 is 2.93 bits per heavy atom. The molecule has 3 rings (SSSR count). The third-order valence-electron chi connectivity index (χ3n) is 3.56. The number of allylic oxidation sites excluding steroid dienone is 2. The van der Waals surface area contributed by atoms with Crippen LogP contribution in [0.3, 0.4) is 0 Å². The Kier molecular flexibility index (Phi) is 2.20. The average Bonchev–Trinajstić information content (AvgIpc) is 2.62. The molecule has 0 amide bonds. The Hall–Kier alpha value is -0.320. The molecule has 80 valence electrons. The van der Waals surface area contributed by atoms with Gasteiger partial charge in [-0.1, -0.05) is 12.2 Å². The molecule has 1 fully saturated rings. The van der Waals surface area contributed by atoms with E-state index in [1.165, 1.54) is 12.1 Å². The van der Waals surface area contributed by atoms with Gasteiger partial charge >= 0.3 is 0 Å². The smallest absolute Gasteiger partial charge is 0.123 e. The van der Waals surface area contributed by atoms with Crippen molar-refractivity contribution >= 4 is 22.6 Å².